The van der Waals surface area contributed by atoms with E-state index in [1.807, 2.05) is 0 Å². The van der Waals surface area contributed by atoms with Crippen molar-refractivity contribution in [2.24, 2.45) is 5.41 Å². The molecule has 0 aliphatic heterocycles. The van der Waals surface area contributed by atoms with Crippen LogP contribution in [0.15, 0.2) is 10.7 Å². The van der Waals surface area contributed by atoms with E-state index in [1.54, 1.807) is 13.3 Å². The van der Waals surface area contributed by atoms with Crippen LogP contribution < -0.4 is 10.1 Å². The van der Waals surface area contributed by atoms with Gasteiger partial charge in [0, 0.05) is 12.0 Å². The molecular weight excluding hydrogens is 298 g/mol. The molecule has 0 unspecified atom stereocenters. The number of aromatic nitrogens is 2. The monoisotopic (exact) mass is 317 g/mol. The van der Waals surface area contributed by atoms with E-state index >= 15 is 0 Å². The van der Waals surface area contributed by atoms with Crippen molar-refractivity contribution >= 4 is 21.9 Å². The average Bonchev–Trinajstić information content (AvgIpc) is 2.42. The van der Waals surface area contributed by atoms with Gasteiger partial charge in [-0.1, -0.05) is 13.8 Å². The molecule has 18 heavy (non-hydrogen) atoms. The molecule has 0 radical (unpaired) electrons. The fourth-order valence-corrected chi connectivity index (χ4v) is 1.98. The smallest absolute Gasteiger partial charge is 0.232 e. The molecular formula is C12H20BrN3O2. The molecule has 0 saturated carbocycles. The zero-order chi connectivity index (χ0) is 13.6. The van der Waals surface area contributed by atoms with Gasteiger partial charge in [0.1, 0.15) is 0 Å². The first-order valence-electron chi connectivity index (χ1n) is 6.02. The fraction of sp³-hybridized carbons (Fsp3) is 0.667. The second-order valence-electron chi connectivity index (χ2n) is 4.27. The van der Waals surface area contributed by atoms with Crippen LogP contribution in [0.25, 0.3) is 0 Å². The summed E-state index contributed by atoms with van der Waals surface area (Å²) in [5, 5.41) is 12.6. The molecule has 0 amide bonds. The summed E-state index contributed by atoms with van der Waals surface area (Å²) in [6, 6.07) is 0. The van der Waals surface area contributed by atoms with Gasteiger partial charge in [-0.25, -0.2) is 4.98 Å². The lowest BCUT2D eigenvalue weighted by atomic mass is 9.83. The van der Waals surface area contributed by atoms with E-state index in [1.165, 1.54) is 0 Å². The number of nitrogens with zero attached hydrogens (tertiary/aromatic N) is 2. The Balaban J connectivity index is 2.73. The van der Waals surface area contributed by atoms with E-state index in [0.717, 1.165) is 17.3 Å². The minimum absolute atomic E-state index is 0.121. The van der Waals surface area contributed by atoms with Gasteiger partial charge in [0.15, 0.2) is 0 Å². The Kier molecular flexibility index (Phi) is 5.81. The second kappa shape index (κ2) is 6.89. The quantitative estimate of drug-likeness (QED) is 0.808. The van der Waals surface area contributed by atoms with Gasteiger partial charge in [-0.05, 0) is 28.8 Å². The molecule has 1 aromatic rings. The van der Waals surface area contributed by atoms with Gasteiger partial charge < -0.3 is 15.2 Å². The van der Waals surface area contributed by atoms with Crippen molar-refractivity contribution in [1.82, 2.24) is 9.97 Å². The molecule has 0 aromatic carbocycles. The summed E-state index contributed by atoms with van der Waals surface area (Å²) in [5.74, 6) is 1.00. The van der Waals surface area contributed by atoms with Gasteiger partial charge in [-0.2, -0.15) is 4.98 Å². The third-order valence-corrected chi connectivity index (χ3v) is 3.91. The molecule has 2 N–H and O–H groups in total. The summed E-state index contributed by atoms with van der Waals surface area (Å²) in [7, 11) is 1.56. The predicted molar refractivity (Wildman–Crippen MR) is 74.9 cm³/mol. The molecule has 1 rings (SSSR count). The van der Waals surface area contributed by atoms with Crippen molar-refractivity contribution in [2.45, 2.75) is 26.7 Å². The molecule has 0 aliphatic rings. The Morgan fingerprint density at radius 1 is 1.44 bits per heavy atom. The van der Waals surface area contributed by atoms with Crippen LogP contribution in [0.4, 0.5) is 5.95 Å². The SMILES string of the molecule is CCC(CC)(CO)CNc1ncc(Br)c(OC)n1. The number of halogens is 1. The maximum Gasteiger partial charge on any atom is 0.232 e. The van der Waals surface area contributed by atoms with Gasteiger partial charge in [0.25, 0.3) is 0 Å². The molecule has 1 aromatic heterocycles. The molecule has 0 atom stereocenters. The molecule has 0 fully saturated rings. The third kappa shape index (κ3) is 3.55. The summed E-state index contributed by atoms with van der Waals surface area (Å²) in [6.45, 7) is 4.94. The summed E-state index contributed by atoms with van der Waals surface area (Å²) in [4.78, 5) is 8.39. The summed E-state index contributed by atoms with van der Waals surface area (Å²) >= 11 is 3.30. The topological polar surface area (TPSA) is 67.3 Å². The number of aliphatic hydroxyl groups is 1. The van der Waals surface area contributed by atoms with Crippen LogP contribution in [0.2, 0.25) is 0 Å². The Morgan fingerprint density at radius 2 is 2.11 bits per heavy atom. The van der Waals surface area contributed by atoms with Crippen molar-refractivity contribution in [3.8, 4) is 5.88 Å². The number of hydrogen-bond donors (Lipinski definition) is 2. The van der Waals surface area contributed by atoms with Crippen LogP contribution in [0.5, 0.6) is 5.88 Å². The highest BCUT2D eigenvalue weighted by Crippen LogP contribution is 2.26. The molecule has 5 nitrogen and oxygen atoms in total. The number of rotatable bonds is 7. The number of methoxy groups -OCH3 is 1. The number of anilines is 1. The summed E-state index contributed by atoms with van der Waals surface area (Å²) in [5.41, 5.74) is -0.121. The number of hydrogen-bond acceptors (Lipinski definition) is 5. The standard InChI is InChI=1S/C12H20BrN3O2/c1-4-12(5-2,8-17)7-15-11-14-6-9(13)10(16-11)18-3/h6,17H,4-5,7-8H2,1-3H3,(H,14,15,16). The Bertz CT molecular complexity index is 375. The Morgan fingerprint density at radius 3 is 2.61 bits per heavy atom. The van der Waals surface area contributed by atoms with E-state index in [-0.39, 0.29) is 12.0 Å². The van der Waals surface area contributed by atoms with Crippen molar-refractivity contribution < 1.29 is 9.84 Å². The fourth-order valence-electron chi connectivity index (χ4n) is 1.63. The minimum Gasteiger partial charge on any atom is -0.480 e. The predicted octanol–water partition coefficient (Wildman–Crippen LogP) is 2.46. The lowest BCUT2D eigenvalue weighted by molar-refractivity contribution is 0.127. The summed E-state index contributed by atoms with van der Waals surface area (Å²) in [6.07, 6.45) is 3.45. The van der Waals surface area contributed by atoms with E-state index in [9.17, 15) is 5.11 Å². The van der Waals surface area contributed by atoms with Crippen LogP contribution in [-0.2, 0) is 0 Å². The number of aliphatic hydroxyl groups excluding tert-OH is 1. The van der Waals surface area contributed by atoms with Gasteiger partial charge >= 0.3 is 0 Å². The Hall–Kier alpha value is -0.880. The van der Waals surface area contributed by atoms with Gasteiger partial charge in [0.05, 0.1) is 24.4 Å². The average molecular weight is 318 g/mol. The van der Waals surface area contributed by atoms with E-state index in [4.69, 9.17) is 4.74 Å². The molecule has 0 aliphatic carbocycles. The highest BCUT2D eigenvalue weighted by Gasteiger charge is 2.25. The van der Waals surface area contributed by atoms with E-state index in [0.29, 0.717) is 18.4 Å². The van der Waals surface area contributed by atoms with Crippen LogP contribution in [0.1, 0.15) is 26.7 Å². The van der Waals surface area contributed by atoms with Crippen LogP contribution >= 0.6 is 15.9 Å². The molecule has 1 heterocycles. The normalized spacial score (nSPS) is 11.4. The first-order chi connectivity index (χ1) is 8.60. The maximum absolute atomic E-state index is 9.49. The van der Waals surface area contributed by atoms with Gasteiger partial charge in [0.2, 0.25) is 11.8 Å². The first kappa shape index (κ1) is 15.2. The maximum atomic E-state index is 9.49. The van der Waals surface area contributed by atoms with Crippen LogP contribution in [0, 0.1) is 5.41 Å². The van der Waals surface area contributed by atoms with Gasteiger partial charge in [-0.15, -0.1) is 0 Å². The highest BCUT2D eigenvalue weighted by molar-refractivity contribution is 9.10. The second-order valence-corrected chi connectivity index (χ2v) is 5.12. The largest absolute Gasteiger partial charge is 0.480 e. The van der Waals surface area contributed by atoms with E-state index < -0.39 is 0 Å². The molecule has 102 valence electrons. The third-order valence-electron chi connectivity index (χ3n) is 3.36. The van der Waals surface area contributed by atoms with Crippen molar-refractivity contribution in [3.05, 3.63) is 10.7 Å². The van der Waals surface area contributed by atoms with Crippen LogP contribution in [0.3, 0.4) is 0 Å². The molecule has 0 bridgehead atoms. The van der Waals surface area contributed by atoms with Crippen LogP contribution in [-0.4, -0.2) is 35.3 Å². The van der Waals surface area contributed by atoms with Gasteiger partial charge in [-0.3, -0.25) is 0 Å². The summed E-state index contributed by atoms with van der Waals surface area (Å²) < 4.78 is 5.83. The van der Waals surface area contributed by atoms with Crippen molar-refractivity contribution in [3.63, 3.8) is 0 Å². The number of ether oxygens (including phenoxy) is 1. The zero-order valence-corrected chi connectivity index (χ0v) is 12.6. The minimum atomic E-state index is -0.121. The molecule has 0 saturated heterocycles. The lowest BCUT2D eigenvalue weighted by Crippen LogP contribution is -2.32. The molecule has 0 spiro atoms. The lowest BCUT2D eigenvalue weighted by Gasteiger charge is -2.29. The zero-order valence-electron chi connectivity index (χ0n) is 11.0. The van der Waals surface area contributed by atoms with Crippen molar-refractivity contribution in [1.29, 1.82) is 0 Å². The van der Waals surface area contributed by atoms with Crippen molar-refractivity contribution in [2.75, 3.05) is 25.6 Å². The van der Waals surface area contributed by atoms with E-state index in [2.05, 4.69) is 45.1 Å². The molecule has 6 heteroatoms. The number of nitrogens with one attached hydrogen (secondary N) is 1. The first-order valence-corrected chi connectivity index (χ1v) is 6.81. The Labute approximate surface area is 116 Å². The highest BCUT2D eigenvalue weighted by atomic mass is 79.9.